The van der Waals surface area contributed by atoms with E-state index in [0.29, 0.717) is 16.7 Å². The van der Waals surface area contributed by atoms with Crippen LogP contribution in [0.4, 0.5) is 8.78 Å². The highest BCUT2D eigenvalue weighted by Crippen LogP contribution is 2.40. The molecule has 0 radical (unpaired) electrons. The first kappa shape index (κ1) is 10.1. The summed E-state index contributed by atoms with van der Waals surface area (Å²) in [6.07, 6.45) is 2.95. The molecule has 0 amide bonds. The van der Waals surface area contributed by atoms with Crippen LogP contribution in [0, 0.1) is 18.6 Å². The summed E-state index contributed by atoms with van der Waals surface area (Å²) in [6.45, 7) is 1.75. The first-order valence-electron chi connectivity index (χ1n) is 5.08. The molecule has 1 heterocycles. The Labute approximate surface area is 95.9 Å². The zero-order chi connectivity index (χ0) is 12.2. The number of hydrogen-bond donors (Lipinski definition) is 0. The fraction of sp³-hybridized carbons (Fsp3) is 0.0769. The van der Waals surface area contributed by atoms with Crippen molar-refractivity contribution < 1.29 is 13.6 Å². The van der Waals surface area contributed by atoms with E-state index in [-0.39, 0.29) is 16.9 Å². The van der Waals surface area contributed by atoms with Crippen molar-refractivity contribution in [2.75, 3.05) is 0 Å². The third kappa shape index (κ3) is 1.24. The molecule has 1 aliphatic carbocycles. The summed E-state index contributed by atoms with van der Waals surface area (Å²) in [4.78, 5) is 15.9. The second-order valence-electron chi connectivity index (χ2n) is 4.02. The van der Waals surface area contributed by atoms with E-state index in [0.717, 1.165) is 12.1 Å². The Morgan fingerprint density at radius 3 is 2.59 bits per heavy atom. The summed E-state index contributed by atoms with van der Waals surface area (Å²) >= 11 is 0. The van der Waals surface area contributed by atoms with Crippen LogP contribution in [0.1, 0.15) is 21.5 Å². The SMILES string of the molecule is Cc1cncc2c1-c1c(F)cc(F)cc1C2=O. The minimum atomic E-state index is -0.743. The molecule has 1 aromatic heterocycles. The Bertz CT molecular complexity index is 665. The van der Waals surface area contributed by atoms with Crippen LogP contribution in [0.15, 0.2) is 24.5 Å². The van der Waals surface area contributed by atoms with Gasteiger partial charge < -0.3 is 0 Å². The second kappa shape index (κ2) is 3.20. The van der Waals surface area contributed by atoms with Crippen LogP contribution in [0.3, 0.4) is 0 Å². The number of nitrogens with zero attached hydrogens (tertiary/aromatic N) is 1. The van der Waals surface area contributed by atoms with Crippen LogP contribution < -0.4 is 0 Å². The maximum Gasteiger partial charge on any atom is 0.196 e. The number of pyridine rings is 1. The number of aromatic nitrogens is 1. The van der Waals surface area contributed by atoms with Gasteiger partial charge in [-0.15, -0.1) is 0 Å². The second-order valence-corrected chi connectivity index (χ2v) is 4.02. The molecule has 1 aromatic carbocycles. The zero-order valence-electron chi connectivity index (χ0n) is 8.92. The van der Waals surface area contributed by atoms with Crippen LogP contribution in [0.2, 0.25) is 0 Å². The monoisotopic (exact) mass is 231 g/mol. The van der Waals surface area contributed by atoms with E-state index < -0.39 is 11.6 Å². The van der Waals surface area contributed by atoms with Gasteiger partial charge >= 0.3 is 0 Å². The molecular weight excluding hydrogens is 224 g/mol. The van der Waals surface area contributed by atoms with Crippen LogP contribution in [-0.4, -0.2) is 10.8 Å². The molecule has 0 atom stereocenters. The van der Waals surface area contributed by atoms with Crippen LogP contribution in [-0.2, 0) is 0 Å². The summed E-state index contributed by atoms with van der Waals surface area (Å²) in [5.41, 5.74) is 1.84. The van der Waals surface area contributed by atoms with E-state index in [1.807, 2.05) is 0 Å². The minimum Gasteiger partial charge on any atom is -0.289 e. The van der Waals surface area contributed by atoms with Gasteiger partial charge in [0.2, 0.25) is 0 Å². The molecule has 1 aliphatic rings. The summed E-state index contributed by atoms with van der Waals surface area (Å²) < 4.78 is 26.9. The van der Waals surface area contributed by atoms with Crippen LogP contribution >= 0.6 is 0 Å². The van der Waals surface area contributed by atoms with Crippen molar-refractivity contribution in [1.82, 2.24) is 4.98 Å². The lowest BCUT2D eigenvalue weighted by Crippen LogP contribution is -1.97. The molecule has 0 N–H and O–H groups in total. The third-order valence-electron chi connectivity index (χ3n) is 2.93. The van der Waals surface area contributed by atoms with Crippen molar-refractivity contribution in [2.24, 2.45) is 0 Å². The largest absolute Gasteiger partial charge is 0.289 e. The number of aryl methyl sites for hydroxylation is 1. The average molecular weight is 231 g/mol. The van der Waals surface area contributed by atoms with Crippen molar-refractivity contribution in [3.63, 3.8) is 0 Å². The quantitative estimate of drug-likeness (QED) is 0.595. The Kier molecular flexibility index (Phi) is 1.90. The molecule has 0 bridgehead atoms. The summed E-state index contributed by atoms with van der Waals surface area (Å²) in [6, 6.07) is 1.86. The topological polar surface area (TPSA) is 30.0 Å². The van der Waals surface area contributed by atoms with Gasteiger partial charge in [0.15, 0.2) is 5.78 Å². The first-order valence-corrected chi connectivity index (χ1v) is 5.08. The highest BCUT2D eigenvalue weighted by molar-refractivity contribution is 6.22. The van der Waals surface area contributed by atoms with Gasteiger partial charge in [-0.2, -0.15) is 0 Å². The van der Waals surface area contributed by atoms with Gasteiger partial charge in [-0.3, -0.25) is 9.78 Å². The van der Waals surface area contributed by atoms with E-state index in [9.17, 15) is 13.6 Å². The minimum absolute atomic E-state index is 0.0774. The molecule has 3 rings (SSSR count). The molecule has 0 saturated heterocycles. The predicted octanol–water partition coefficient (Wildman–Crippen LogP) is 2.88. The number of ketones is 1. The number of hydrogen-bond acceptors (Lipinski definition) is 2. The molecule has 0 fully saturated rings. The fourth-order valence-corrected chi connectivity index (χ4v) is 2.22. The summed E-state index contributed by atoms with van der Waals surface area (Å²) in [5, 5.41) is 0. The number of benzene rings is 1. The van der Waals surface area contributed by atoms with E-state index in [1.165, 1.54) is 6.20 Å². The molecule has 4 heteroatoms. The lowest BCUT2D eigenvalue weighted by molar-refractivity contribution is 0.104. The molecule has 0 aliphatic heterocycles. The number of rotatable bonds is 0. The standard InChI is InChI=1S/C13H7F2NO/c1-6-4-16-5-9-11(6)12-8(13(9)17)2-7(14)3-10(12)15/h2-5H,1H3. The molecule has 2 aromatic rings. The maximum atomic E-state index is 13.8. The molecule has 84 valence electrons. The number of carbonyl (C=O) groups is 1. The van der Waals surface area contributed by atoms with Gasteiger partial charge in [0.1, 0.15) is 11.6 Å². The van der Waals surface area contributed by atoms with Crippen molar-refractivity contribution in [3.05, 3.63) is 52.9 Å². The van der Waals surface area contributed by atoms with Gasteiger partial charge in [0.25, 0.3) is 0 Å². The smallest absolute Gasteiger partial charge is 0.196 e. The van der Waals surface area contributed by atoms with Crippen LogP contribution in [0.25, 0.3) is 11.1 Å². The number of carbonyl (C=O) groups excluding carboxylic acids is 1. The fourth-order valence-electron chi connectivity index (χ4n) is 2.22. The van der Waals surface area contributed by atoms with E-state index in [1.54, 1.807) is 13.1 Å². The van der Waals surface area contributed by atoms with Gasteiger partial charge in [-0.25, -0.2) is 8.78 Å². The highest BCUT2D eigenvalue weighted by atomic mass is 19.1. The van der Waals surface area contributed by atoms with Gasteiger partial charge in [-0.05, 0) is 18.6 Å². The normalized spacial score (nSPS) is 12.5. The lowest BCUT2D eigenvalue weighted by atomic mass is 10.0. The molecule has 0 unspecified atom stereocenters. The Balaban J connectivity index is 2.46. The first-order chi connectivity index (χ1) is 8.09. The zero-order valence-corrected chi connectivity index (χ0v) is 8.92. The number of fused-ring (bicyclic) bond motifs is 3. The Morgan fingerprint density at radius 2 is 1.82 bits per heavy atom. The van der Waals surface area contributed by atoms with E-state index >= 15 is 0 Å². The summed E-state index contributed by atoms with van der Waals surface area (Å²) in [7, 11) is 0. The van der Waals surface area contributed by atoms with E-state index in [2.05, 4.69) is 4.98 Å². The molecule has 2 nitrogen and oxygen atoms in total. The van der Waals surface area contributed by atoms with Gasteiger partial charge in [0, 0.05) is 40.7 Å². The van der Waals surface area contributed by atoms with Crippen LogP contribution in [0.5, 0.6) is 0 Å². The predicted molar refractivity (Wildman–Crippen MR) is 57.8 cm³/mol. The maximum absolute atomic E-state index is 13.8. The Hall–Kier alpha value is -2.10. The Morgan fingerprint density at radius 1 is 1.06 bits per heavy atom. The van der Waals surface area contributed by atoms with Crippen molar-refractivity contribution in [3.8, 4) is 11.1 Å². The number of halogens is 2. The van der Waals surface area contributed by atoms with E-state index in [4.69, 9.17) is 0 Å². The molecule has 0 spiro atoms. The average Bonchev–Trinajstić information content (AvgIpc) is 2.55. The van der Waals surface area contributed by atoms with Crippen molar-refractivity contribution in [1.29, 1.82) is 0 Å². The van der Waals surface area contributed by atoms with Crippen molar-refractivity contribution in [2.45, 2.75) is 6.92 Å². The van der Waals surface area contributed by atoms with Gasteiger partial charge in [-0.1, -0.05) is 0 Å². The summed E-state index contributed by atoms with van der Waals surface area (Å²) in [5.74, 6) is -1.82. The highest BCUT2D eigenvalue weighted by Gasteiger charge is 2.31. The third-order valence-corrected chi connectivity index (χ3v) is 2.93. The van der Waals surface area contributed by atoms with Crippen molar-refractivity contribution >= 4 is 5.78 Å². The molecule has 0 saturated carbocycles. The lowest BCUT2D eigenvalue weighted by Gasteiger charge is -2.04. The molecular formula is C13H7F2NO. The van der Waals surface area contributed by atoms with Gasteiger partial charge in [0.05, 0.1) is 0 Å². The molecule has 17 heavy (non-hydrogen) atoms.